The molecule has 2 fully saturated rings. The highest BCUT2D eigenvalue weighted by Gasteiger charge is 2.74. The van der Waals surface area contributed by atoms with Gasteiger partial charge in [0.25, 0.3) is 11.4 Å². The Hall–Kier alpha value is -3.82. The molecule has 0 aromatic heterocycles. The molecule has 0 bridgehead atoms. The summed E-state index contributed by atoms with van der Waals surface area (Å²) >= 11 is 0. The first kappa shape index (κ1) is 20.5. The zero-order valence-corrected chi connectivity index (χ0v) is 16.3. The van der Waals surface area contributed by atoms with Crippen LogP contribution in [0.5, 0.6) is 0 Å². The lowest BCUT2D eigenvalue weighted by atomic mass is 9.74. The van der Waals surface area contributed by atoms with Gasteiger partial charge in [0.15, 0.2) is 0 Å². The van der Waals surface area contributed by atoms with Gasteiger partial charge in [0.2, 0.25) is 0 Å². The Morgan fingerprint density at radius 1 is 0.742 bits per heavy atom. The van der Waals surface area contributed by atoms with Crippen molar-refractivity contribution >= 4 is 23.3 Å². The van der Waals surface area contributed by atoms with Crippen LogP contribution in [-0.2, 0) is 9.47 Å². The molecular weight excluding hydrogens is 408 g/mol. The van der Waals surface area contributed by atoms with Crippen LogP contribution < -0.4 is 0 Å². The van der Waals surface area contributed by atoms with Crippen LogP contribution in [0.15, 0.2) is 48.5 Å². The molecule has 0 aliphatic heterocycles. The van der Waals surface area contributed by atoms with Crippen molar-refractivity contribution in [2.45, 2.75) is 19.3 Å². The van der Waals surface area contributed by atoms with Crippen LogP contribution in [0.25, 0.3) is 0 Å². The number of benzene rings is 2. The number of rotatable bonds is 8. The van der Waals surface area contributed by atoms with Gasteiger partial charge in [0, 0.05) is 35.1 Å². The van der Waals surface area contributed by atoms with Gasteiger partial charge in [-0.25, -0.2) is 9.59 Å². The van der Waals surface area contributed by atoms with Gasteiger partial charge in [-0.3, -0.25) is 20.2 Å². The molecule has 0 radical (unpaired) electrons. The van der Waals surface area contributed by atoms with Gasteiger partial charge in [-0.15, -0.1) is 0 Å². The topological polar surface area (TPSA) is 139 Å². The fourth-order valence-corrected chi connectivity index (χ4v) is 4.18. The Labute approximate surface area is 176 Å². The van der Waals surface area contributed by atoms with Crippen molar-refractivity contribution < 1.29 is 28.9 Å². The maximum Gasteiger partial charge on any atom is 0.338 e. The van der Waals surface area contributed by atoms with Crippen molar-refractivity contribution in [1.82, 2.24) is 0 Å². The monoisotopic (exact) mass is 426 g/mol. The predicted octanol–water partition coefficient (Wildman–Crippen LogP) is 3.69. The second kappa shape index (κ2) is 7.46. The summed E-state index contributed by atoms with van der Waals surface area (Å²) in [5, 5.41) is 21.4. The predicted molar refractivity (Wildman–Crippen MR) is 105 cm³/mol. The molecule has 31 heavy (non-hydrogen) atoms. The van der Waals surface area contributed by atoms with Crippen LogP contribution in [0.2, 0.25) is 0 Å². The third-order valence-corrected chi connectivity index (χ3v) is 6.35. The molecule has 2 atom stereocenters. The summed E-state index contributed by atoms with van der Waals surface area (Å²) in [5.74, 6) is -1.11. The standard InChI is InChI=1S/C21H18N2O8/c24-18(14-1-5-16(6-2-14)22(26)27)30-12-20-9-10-21(20,11-20)13-31-19(25)15-3-7-17(8-4-15)23(28)29/h1-8H,9-13H2/t20-,21-/m1/s1. The highest BCUT2D eigenvalue weighted by molar-refractivity contribution is 5.90. The molecular formula is C21H18N2O8. The second-order valence-electron chi connectivity index (χ2n) is 8.00. The van der Waals surface area contributed by atoms with Gasteiger partial charge in [-0.1, -0.05) is 0 Å². The van der Waals surface area contributed by atoms with Gasteiger partial charge in [0.1, 0.15) is 0 Å². The average Bonchev–Trinajstić information content (AvgIpc) is 3.23. The Morgan fingerprint density at radius 3 is 1.39 bits per heavy atom. The van der Waals surface area contributed by atoms with Gasteiger partial charge in [-0.05, 0) is 43.5 Å². The van der Waals surface area contributed by atoms with E-state index in [4.69, 9.17) is 9.47 Å². The van der Waals surface area contributed by atoms with E-state index in [2.05, 4.69) is 0 Å². The fraction of sp³-hybridized carbons (Fsp3) is 0.333. The number of ether oxygens (including phenoxy) is 2. The van der Waals surface area contributed by atoms with E-state index in [-0.39, 0.29) is 46.5 Å². The lowest BCUT2D eigenvalue weighted by Crippen LogP contribution is -2.34. The molecule has 2 aliphatic carbocycles. The van der Waals surface area contributed by atoms with Crippen molar-refractivity contribution in [3.05, 3.63) is 79.9 Å². The number of nitro benzene ring substituents is 2. The third kappa shape index (κ3) is 3.72. The van der Waals surface area contributed by atoms with E-state index in [0.29, 0.717) is 0 Å². The average molecular weight is 426 g/mol. The smallest absolute Gasteiger partial charge is 0.338 e. The van der Waals surface area contributed by atoms with Crippen molar-refractivity contribution in [2.75, 3.05) is 13.2 Å². The number of hydrogen-bond donors (Lipinski definition) is 0. The van der Waals surface area contributed by atoms with E-state index in [1.165, 1.54) is 48.5 Å². The molecule has 0 spiro atoms. The molecule has 2 aliphatic rings. The minimum atomic E-state index is -0.556. The molecule has 160 valence electrons. The normalized spacial score (nSPS) is 23.1. The first-order valence-electron chi connectivity index (χ1n) is 9.59. The molecule has 10 nitrogen and oxygen atoms in total. The Morgan fingerprint density at radius 2 is 1.10 bits per heavy atom. The first-order chi connectivity index (χ1) is 14.8. The Bertz CT molecular complexity index is 980. The second-order valence-corrected chi connectivity index (χ2v) is 8.00. The van der Waals surface area contributed by atoms with E-state index in [1.807, 2.05) is 0 Å². The summed E-state index contributed by atoms with van der Waals surface area (Å²) in [6.07, 6.45) is 2.49. The molecule has 0 heterocycles. The van der Waals surface area contributed by atoms with E-state index < -0.39 is 21.8 Å². The molecule has 0 N–H and O–H groups in total. The lowest BCUT2D eigenvalue weighted by molar-refractivity contribution is -0.385. The Kier molecular flexibility index (Phi) is 4.92. The minimum absolute atomic E-state index is 0.106. The molecule has 10 heteroatoms. The summed E-state index contributed by atoms with van der Waals surface area (Å²) in [6.45, 7) is 0.385. The number of fused-ring (bicyclic) bond motifs is 1. The number of esters is 2. The zero-order valence-electron chi connectivity index (χ0n) is 16.3. The first-order valence-corrected chi connectivity index (χ1v) is 9.59. The molecule has 2 aromatic rings. The van der Waals surface area contributed by atoms with Crippen LogP contribution in [0.4, 0.5) is 11.4 Å². The molecule has 0 unspecified atom stereocenters. The van der Waals surface area contributed by atoms with Crippen LogP contribution in [0.1, 0.15) is 40.0 Å². The maximum absolute atomic E-state index is 12.2. The largest absolute Gasteiger partial charge is 0.461 e. The summed E-state index contributed by atoms with van der Waals surface area (Å²) in [4.78, 5) is 44.8. The zero-order chi connectivity index (χ0) is 22.2. The maximum atomic E-state index is 12.2. The number of nitro groups is 2. The Balaban J connectivity index is 1.29. The van der Waals surface area contributed by atoms with Crippen molar-refractivity contribution in [2.24, 2.45) is 10.8 Å². The van der Waals surface area contributed by atoms with Gasteiger partial charge < -0.3 is 9.47 Å². The SMILES string of the molecule is O=C(OC[C@]12CC[C@]1(COC(=O)c1ccc([N+](=O)[O-])cc1)C2)c1ccc([N+](=O)[O-])cc1. The van der Waals surface area contributed by atoms with Gasteiger partial charge in [-0.2, -0.15) is 0 Å². The number of hydrogen-bond acceptors (Lipinski definition) is 8. The van der Waals surface area contributed by atoms with E-state index in [0.717, 1.165) is 19.3 Å². The summed E-state index contributed by atoms with van der Waals surface area (Å²) in [6, 6.07) is 10.4. The number of nitrogens with zero attached hydrogens (tertiary/aromatic N) is 2. The van der Waals surface area contributed by atoms with Crippen LogP contribution in [-0.4, -0.2) is 35.0 Å². The quantitative estimate of drug-likeness (QED) is 0.354. The molecule has 2 aromatic carbocycles. The van der Waals surface area contributed by atoms with Crippen LogP contribution in [0, 0.1) is 31.1 Å². The molecule has 0 amide bonds. The molecule has 2 saturated carbocycles. The molecule has 4 rings (SSSR count). The molecule has 0 saturated heterocycles. The summed E-state index contributed by atoms with van der Waals surface area (Å²) in [5.41, 5.74) is -0.164. The van der Waals surface area contributed by atoms with Crippen molar-refractivity contribution in [3.8, 4) is 0 Å². The van der Waals surface area contributed by atoms with E-state index >= 15 is 0 Å². The minimum Gasteiger partial charge on any atom is -0.461 e. The summed E-state index contributed by atoms with van der Waals surface area (Å²) in [7, 11) is 0. The fourth-order valence-electron chi connectivity index (χ4n) is 4.18. The summed E-state index contributed by atoms with van der Waals surface area (Å²) < 4.78 is 10.8. The van der Waals surface area contributed by atoms with Crippen LogP contribution in [0.3, 0.4) is 0 Å². The van der Waals surface area contributed by atoms with E-state index in [1.54, 1.807) is 0 Å². The van der Waals surface area contributed by atoms with Crippen molar-refractivity contribution in [3.63, 3.8) is 0 Å². The van der Waals surface area contributed by atoms with Gasteiger partial charge >= 0.3 is 11.9 Å². The highest BCUT2D eigenvalue weighted by Crippen LogP contribution is 2.77. The van der Waals surface area contributed by atoms with Gasteiger partial charge in [0.05, 0.1) is 34.2 Å². The lowest BCUT2D eigenvalue weighted by Gasteiger charge is -2.34. The van der Waals surface area contributed by atoms with E-state index in [9.17, 15) is 29.8 Å². The highest BCUT2D eigenvalue weighted by atomic mass is 16.6. The van der Waals surface area contributed by atoms with Crippen molar-refractivity contribution in [1.29, 1.82) is 0 Å². The number of non-ortho nitro benzene ring substituents is 2. The third-order valence-electron chi connectivity index (χ3n) is 6.35. The number of carbonyl (C=O) groups excluding carboxylic acids is 2. The van der Waals surface area contributed by atoms with Crippen LogP contribution >= 0.6 is 0 Å². The number of carbonyl (C=O) groups is 2.